The molecular weight excluding hydrogens is 212 g/mol. The van der Waals surface area contributed by atoms with Crippen molar-refractivity contribution in [3.05, 3.63) is 0 Å². The van der Waals surface area contributed by atoms with Gasteiger partial charge in [0.25, 0.3) is 0 Å². The van der Waals surface area contributed by atoms with Gasteiger partial charge in [0.1, 0.15) is 0 Å². The predicted molar refractivity (Wildman–Crippen MR) is 71.9 cm³/mol. The summed E-state index contributed by atoms with van der Waals surface area (Å²) in [5, 5.41) is 3.41. The molecular formula is C14H28N2O. The molecule has 0 radical (unpaired) electrons. The molecule has 0 aromatic rings. The van der Waals surface area contributed by atoms with E-state index in [1.807, 2.05) is 0 Å². The highest BCUT2D eigenvalue weighted by molar-refractivity contribution is 5.79. The summed E-state index contributed by atoms with van der Waals surface area (Å²) in [6, 6.07) is 0.792. The molecule has 0 aromatic heterocycles. The van der Waals surface area contributed by atoms with E-state index in [1.165, 1.54) is 0 Å². The first-order valence-electron chi connectivity index (χ1n) is 6.95. The first-order valence-corrected chi connectivity index (χ1v) is 6.95. The normalized spacial score (nSPS) is 25.4. The maximum absolute atomic E-state index is 12.5. The van der Waals surface area contributed by atoms with Crippen molar-refractivity contribution in [1.29, 1.82) is 0 Å². The van der Waals surface area contributed by atoms with Crippen molar-refractivity contribution < 1.29 is 4.79 Å². The second kappa shape index (κ2) is 6.39. The Labute approximate surface area is 106 Å². The first-order chi connectivity index (χ1) is 7.91. The molecule has 1 aliphatic heterocycles. The van der Waals surface area contributed by atoms with E-state index in [0.29, 0.717) is 23.9 Å². The lowest BCUT2D eigenvalue weighted by Crippen LogP contribution is -2.47. The summed E-state index contributed by atoms with van der Waals surface area (Å²) in [6.45, 7) is 12.6. The van der Waals surface area contributed by atoms with Gasteiger partial charge in [0.05, 0.1) is 0 Å². The van der Waals surface area contributed by atoms with Gasteiger partial charge in [0.2, 0.25) is 5.91 Å². The molecule has 100 valence electrons. The maximum Gasteiger partial charge on any atom is 0.226 e. The highest BCUT2D eigenvalue weighted by Crippen LogP contribution is 2.20. The van der Waals surface area contributed by atoms with E-state index in [9.17, 15) is 4.79 Å². The molecule has 1 fully saturated rings. The van der Waals surface area contributed by atoms with Crippen LogP contribution in [0.2, 0.25) is 0 Å². The number of hydrogen-bond donors (Lipinski definition) is 1. The number of nitrogens with one attached hydrogen (secondary N) is 1. The number of amides is 1. The van der Waals surface area contributed by atoms with Gasteiger partial charge in [0.15, 0.2) is 0 Å². The fourth-order valence-electron chi connectivity index (χ4n) is 2.54. The van der Waals surface area contributed by atoms with Crippen molar-refractivity contribution in [2.24, 2.45) is 11.8 Å². The van der Waals surface area contributed by atoms with Gasteiger partial charge in [-0.3, -0.25) is 4.79 Å². The van der Waals surface area contributed by atoms with Crippen molar-refractivity contribution in [2.75, 3.05) is 13.1 Å². The predicted octanol–water partition coefficient (Wildman–Crippen LogP) is 2.27. The third-order valence-corrected chi connectivity index (χ3v) is 3.44. The van der Waals surface area contributed by atoms with E-state index in [0.717, 1.165) is 25.9 Å². The van der Waals surface area contributed by atoms with Gasteiger partial charge >= 0.3 is 0 Å². The first kappa shape index (κ1) is 14.5. The van der Waals surface area contributed by atoms with Crippen LogP contribution in [0.4, 0.5) is 0 Å². The summed E-state index contributed by atoms with van der Waals surface area (Å²) in [7, 11) is 0. The van der Waals surface area contributed by atoms with Crippen molar-refractivity contribution >= 4 is 5.91 Å². The van der Waals surface area contributed by atoms with Gasteiger partial charge in [-0.15, -0.1) is 0 Å². The molecule has 0 unspecified atom stereocenters. The SMILES string of the molecule is CC(C)CN(C(=O)[C@H]1CCN[C@@H](C)C1)C(C)C. The molecule has 1 aliphatic rings. The minimum Gasteiger partial charge on any atom is -0.340 e. The van der Waals surface area contributed by atoms with Crippen LogP contribution in [0.5, 0.6) is 0 Å². The maximum atomic E-state index is 12.5. The number of rotatable bonds is 4. The number of piperidine rings is 1. The summed E-state index contributed by atoms with van der Waals surface area (Å²) in [4.78, 5) is 14.6. The molecule has 17 heavy (non-hydrogen) atoms. The van der Waals surface area contributed by atoms with E-state index in [-0.39, 0.29) is 5.92 Å². The standard InChI is InChI=1S/C14H28N2O/c1-10(2)9-16(11(3)4)14(17)13-6-7-15-12(5)8-13/h10-13,15H,6-9H2,1-5H3/t12-,13-/m0/s1. The Kier molecular flexibility index (Phi) is 5.44. The molecule has 3 heteroatoms. The van der Waals surface area contributed by atoms with Gasteiger partial charge in [0, 0.05) is 24.5 Å². The molecule has 0 aromatic carbocycles. The van der Waals surface area contributed by atoms with Crippen molar-refractivity contribution in [3.8, 4) is 0 Å². The van der Waals surface area contributed by atoms with Gasteiger partial charge in [-0.25, -0.2) is 0 Å². The lowest BCUT2D eigenvalue weighted by Gasteiger charge is -2.35. The molecule has 2 atom stereocenters. The number of nitrogens with zero attached hydrogens (tertiary/aromatic N) is 1. The molecule has 1 amide bonds. The second-order valence-corrected chi connectivity index (χ2v) is 6.05. The van der Waals surface area contributed by atoms with Crippen LogP contribution in [0.3, 0.4) is 0 Å². The Balaban J connectivity index is 2.63. The summed E-state index contributed by atoms with van der Waals surface area (Å²) < 4.78 is 0. The summed E-state index contributed by atoms with van der Waals surface area (Å²) in [6.07, 6.45) is 1.98. The zero-order valence-electron chi connectivity index (χ0n) is 12.0. The lowest BCUT2D eigenvalue weighted by atomic mass is 9.91. The van der Waals surface area contributed by atoms with Crippen LogP contribution in [0.1, 0.15) is 47.5 Å². The Morgan fingerprint density at radius 2 is 2.00 bits per heavy atom. The van der Waals surface area contributed by atoms with E-state index < -0.39 is 0 Å². The van der Waals surface area contributed by atoms with Gasteiger partial charge in [-0.2, -0.15) is 0 Å². The number of carbonyl (C=O) groups is 1. The smallest absolute Gasteiger partial charge is 0.226 e. The third kappa shape index (κ3) is 4.30. The van der Waals surface area contributed by atoms with Crippen LogP contribution < -0.4 is 5.32 Å². The Hall–Kier alpha value is -0.570. The Morgan fingerprint density at radius 1 is 1.35 bits per heavy atom. The molecule has 0 bridgehead atoms. The average molecular weight is 240 g/mol. The molecule has 1 rings (SSSR count). The minimum absolute atomic E-state index is 0.229. The molecule has 0 spiro atoms. The van der Waals surface area contributed by atoms with Crippen LogP contribution in [-0.2, 0) is 4.79 Å². The molecule has 1 saturated heterocycles. The number of carbonyl (C=O) groups excluding carboxylic acids is 1. The van der Waals surface area contributed by atoms with E-state index in [2.05, 4.69) is 44.8 Å². The fraction of sp³-hybridized carbons (Fsp3) is 0.929. The molecule has 1 heterocycles. The minimum atomic E-state index is 0.229. The summed E-state index contributed by atoms with van der Waals surface area (Å²) >= 11 is 0. The van der Waals surface area contributed by atoms with Crippen molar-refractivity contribution in [2.45, 2.75) is 59.5 Å². The summed E-state index contributed by atoms with van der Waals surface area (Å²) in [5.74, 6) is 1.13. The van der Waals surface area contributed by atoms with Gasteiger partial charge in [-0.1, -0.05) is 13.8 Å². The average Bonchev–Trinajstić information content (AvgIpc) is 2.24. The van der Waals surface area contributed by atoms with Crippen molar-refractivity contribution in [1.82, 2.24) is 10.2 Å². The van der Waals surface area contributed by atoms with Crippen LogP contribution in [0.25, 0.3) is 0 Å². The second-order valence-electron chi connectivity index (χ2n) is 6.05. The monoisotopic (exact) mass is 240 g/mol. The van der Waals surface area contributed by atoms with E-state index in [4.69, 9.17) is 0 Å². The zero-order chi connectivity index (χ0) is 13.0. The quantitative estimate of drug-likeness (QED) is 0.817. The molecule has 1 N–H and O–H groups in total. The Bertz CT molecular complexity index is 251. The van der Waals surface area contributed by atoms with Crippen LogP contribution in [0.15, 0.2) is 0 Å². The molecule has 3 nitrogen and oxygen atoms in total. The topological polar surface area (TPSA) is 32.3 Å². The summed E-state index contributed by atoms with van der Waals surface area (Å²) in [5.41, 5.74) is 0. The highest BCUT2D eigenvalue weighted by Gasteiger charge is 2.29. The fourth-order valence-corrected chi connectivity index (χ4v) is 2.54. The van der Waals surface area contributed by atoms with Gasteiger partial charge < -0.3 is 10.2 Å². The van der Waals surface area contributed by atoms with Crippen LogP contribution >= 0.6 is 0 Å². The number of hydrogen-bond acceptors (Lipinski definition) is 2. The highest BCUT2D eigenvalue weighted by atomic mass is 16.2. The van der Waals surface area contributed by atoms with Crippen LogP contribution in [0, 0.1) is 11.8 Å². The molecule has 0 saturated carbocycles. The molecule has 0 aliphatic carbocycles. The van der Waals surface area contributed by atoms with Crippen molar-refractivity contribution in [3.63, 3.8) is 0 Å². The zero-order valence-corrected chi connectivity index (χ0v) is 12.0. The lowest BCUT2D eigenvalue weighted by molar-refractivity contribution is -0.139. The van der Waals surface area contributed by atoms with E-state index >= 15 is 0 Å². The van der Waals surface area contributed by atoms with Gasteiger partial charge in [-0.05, 0) is 46.1 Å². The third-order valence-electron chi connectivity index (χ3n) is 3.44. The Morgan fingerprint density at radius 3 is 2.47 bits per heavy atom. The van der Waals surface area contributed by atoms with E-state index in [1.54, 1.807) is 0 Å². The van der Waals surface area contributed by atoms with Crippen LogP contribution in [-0.4, -0.2) is 36.0 Å². The largest absolute Gasteiger partial charge is 0.340 e.